The van der Waals surface area contributed by atoms with Crippen molar-refractivity contribution in [3.05, 3.63) is 33.7 Å². The van der Waals surface area contributed by atoms with E-state index >= 15 is 0 Å². The fourth-order valence-electron chi connectivity index (χ4n) is 1.78. The van der Waals surface area contributed by atoms with Gasteiger partial charge in [-0.3, -0.25) is 0 Å². The predicted molar refractivity (Wildman–Crippen MR) is 60.1 cm³/mol. The smallest absolute Gasteiger partial charge is 0.114 e. The minimum absolute atomic E-state index is 0.355. The monoisotopic (exact) mass is 191 g/mol. The van der Waals surface area contributed by atoms with Crippen LogP contribution >= 0.6 is 0 Å². The zero-order valence-electron chi connectivity index (χ0n) is 9.29. The molecule has 0 saturated heterocycles. The van der Waals surface area contributed by atoms with Crippen molar-refractivity contribution in [2.75, 3.05) is 0 Å². The molecule has 0 saturated carbocycles. The standard InChI is InChI=1S/C12H17NO/c1-5-10-9(4)6-7-11(8(2)3)12(10)13-14/h6-8H,5H2,1-4H3. The van der Waals surface area contributed by atoms with E-state index in [0.29, 0.717) is 11.6 Å². The lowest BCUT2D eigenvalue weighted by Gasteiger charge is -2.13. The molecule has 2 heteroatoms. The molecule has 0 aromatic heterocycles. The molecule has 1 aromatic rings. The summed E-state index contributed by atoms with van der Waals surface area (Å²) >= 11 is 0. The average molecular weight is 191 g/mol. The average Bonchev–Trinajstić information content (AvgIpc) is 2.16. The van der Waals surface area contributed by atoms with Gasteiger partial charge in [0.05, 0.1) is 0 Å². The Morgan fingerprint density at radius 2 is 2.00 bits per heavy atom. The highest BCUT2D eigenvalue weighted by molar-refractivity contribution is 5.57. The van der Waals surface area contributed by atoms with Crippen LogP contribution in [0.15, 0.2) is 17.3 Å². The molecule has 0 heterocycles. The van der Waals surface area contributed by atoms with Crippen LogP contribution in [-0.2, 0) is 6.42 Å². The first-order chi connectivity index (χ1) is 6.61. The summed E-state index contributed by atoms with van der Waals surface area (Å²) in [7, 11) is 0. The van der Waals surface area contributed by atoms with Crippen LogP contribution in [0.4, 0.5) is 5.69 Å². The van der Waals surface area contributed by atoms with E-state index in [1.54, 1.807) is 0 Å². The third-order valence-electron chi connectivity index (χ3n) is 2.62. The third-order valence-corrected chi connectivity index (χ3v) is 2.62. The van der Waals surface area contributed by atoms with Crippen molar-refractivity contribution < 1.29 is 0 Å². The molecular formula is C12H17NO. The molecule has 0 aliphatic heterocycles. The molecule has 76 valence electrons. The third kappa shape index (κ3) is 1.84. The highest BCUT2D eigenvalue weighted by Crippen LogP contribution is 2.32. The minimum Gasteiger partial charge on any atom is -0.145 e. The quantitative estimate of drug-likeness (QED) is 0.662. The van der Waals surface area contributed by atoms with E-state index in [9.17, 15) is 4.91 Å². The van der Waals surface area contributed by atoms with Gasteiger partial charge in [0.25, 0.3) is 0 Å². The van der Waals surface area contributed by atoms with Crippen molar-refractivity contribution in [1.82, 2.24) is 0 Å². The van der Waals surface area contributed by atoms with Gasteiger partial charge in [0.1, 0.15) is 5.69 Å². The predicted octanol–water partition coefficient (Wildman–Crippen LogP) is 4.08. The largest absolute Gasteiger partial charge is 0.145 e. The topological polar surface area (TPSA) is 29.4 Å². The zero-order valence-corrected chi connectivity index (χ0v) is 9.29. The van der Waals surface area contributed by atoms with Gasteiger partial charge in [0.2, 0.25) is 0 Å². The van der Waals surface area contributed by atoms with Gasteiger partial charge < -0.3 is 0 Å². The maximum atomic E-state index is 10.8. The number of aryl methyl sites for hydroxylation is 1. The molecule has 0 fully saturated rings. The molecule has 0 amide bonds. The van der Waals surface area contributed by atoms with Crippen molar-refractivity contribution in [3.8, 4) is 0 Å². The summed E-state index contributed by atoms with van der Waals surface area (Å²) in [5.41, 5.74) is 3.96. The summed E-state index contributed by atoms with van der Waals surface area (Å²) in [6, 6.07) is 4.08. The molecule has 0 N–H and O–H groups in total. The maximum absolute atomic E-state index is 10.8. The summed E-state index contributed by atoms with van der Waals surface area (Å²) in [6.45, 7) is 8.25. The van der Waals surface area contributed by atoms with E-state index in [0.717, 1.165) is 23.1 Å². The molecule has 14 heavy (non-hydrogen) atoms. The molecular weight excluding hydrogens is 174 g/mol. The van der Waals surface area contributed by atoms with E-state index < -0.39 is 0 Å². The summed E-state index contributed by atoms with van der Waals surface area (Å²) < 4.78 is 0. The molecule has 0 aliphatic rings. The van der Waals surface area contributed by atoms with E-state index in [4.69, 9.17) is 0 Å². The Morgan fingerprint density at radius 3 is 2.43 bits per heavy atom. The number of hydrogen-bond donors (Lipinski definition) is 0. The Kier molecular flexibility index (Phi) is 3.39. The lowest BCUT2D eigenvalue weighted by molar-refractivity contribution is 0.860. The number of nitrogens with zero attached hydrogens (tertiary/aromatic N) is 1. The first-order valence-electron chi connectivity index (χ1n) is 5.07. The molecule has 0 aliphatic carbocycles. The van der Waals surface area contributed by atoms with Crippen LogP contribution in [0.3, 0.4) is 0 Å². The van der Waals surface area contributed by atoms with Gasteiger partial charge in [-0.15, -0.1) is 4.91 Å². The van der Waals surface area contributed by atoms with Crippen molar-refractivity contribution in [3.63, 3.8) is 0 Å². The second kappa shape index (κ2) is 4.36. The molecule has 0 atom stereocenters. The fourth-order valence-corrected chi connectivity index (χ4v) is 1.78. The van der Waals surface area contributed by atoms with Crippen LogP contribution in [-0.4, -0.2) is 0 Å². The molecule has 0 spiro atoms. The zero-order chi connectivity index (χ0) is 10.7. The van der Waals surface area contributed by atoms with Crippen LogP contribution < -0.4 is 0 Å². The second-order valence-electron chi connectivity index (χ2n) is 3.90. The van der Waals surface area contributed by atoms with Crippen molar-refractivity contribution in [2.45, 2.75) is 40.0 Å². The molecule has 0 bridgehead atoms. The molecule has 2 nitrogen and oxygen atoms in total. The number of nitroso groups, excluding NO2 is 1. The SMILES string of the molecule is CCc1c(C)ccc(C(C)C)c1N=O. The van der Waals surface area contributed by atoms with Crippen molar-refractivity contribution in [2.24, 2.45) is 5.18 Å². The second-order valence-corrected chi connectivity index (χ2v) is 3.90. The van der Waals surface area contributed by atoms with Gasteiger partial charge in [-0.1, -0.05) is 32.9 Å². The van der Waals surface area contributed by atoms with Gasteiger partial charge >= 0.3 is 0 Å². The van der Waals surface area contributed by atoms with Gasteiger partial charge in [-0.25, -0.2) is 0 Å². The first-order valence-corrected chi connectivity index (χ1v) is 5.07. The number of benzene rings is 1. The highest BCUT2D eigenvalue weighted by atomic mass is 16.3. The normalized spacial score (nSPS) is 10.6. The van der Waals surface area contributed by atoms with Crippen molar-refractivity contribution >= 4 is 5.69 Å². The molecule has 1 aromatic carbocycles. The van der Waals surface area contributed by atoms with E-state index in [2.05, 4.69) is 32.0 Å². The molecule has 0 radical (unpaired) electrons. The number of rotatable bonds is 3. The summed E-state index contributed by atoms with van der Waals surface area (Å²) in [4.78, 5) is 10.8. The summed E-state index contributed by atoms with van der Waals surface area (Å²) in [5.74, 6) is 0.355. The lowest BCUT2D eigenvalue weighted by atomic mass is 9.94. The van der Waals surface area contributed by atoms with Crippen molar-refractivity contribution in [1.29, 1.82) is 0 Å². The highest BCUT2D eigenvalue weighted by Gasteiger charge is 2.12. The molecule has 1 rings (SSSR count). The Balaban J connectivity index is 3.40. The van der Waals surface area contributed by atoms with Crippen LogP contribution in [0.5, 0.6) is 0 Å². The van der Waals surface area contributed by atoms with Gasteiger partial charge in [0, 0.05) is 0 Å². The van der Waals surface area contributed by atoms with E-state index in [1.807, 2.05) is 13.0 Å². The van der Waals surface area contributed by atoms with Crippen LogP contribution in [0, 0.1) is 11.8 Å². The Hall–Kier alpha value is -1.18. The van der Waals surface area contributed by atoms with Gasteiger partial charge in [-0.2, -0.15) is 0 Å². The van der Waals surface area contributed by atoms with Gasteiger partial charge in [0.15, 0.2) is 0 Å². The van der Waals surface area contributed by atoms with Crippen LogP contribution in [0.2, 0.25) is 0 Å². The Labute approximate surface area is 85.3 Å². The van der Waals surface area contributed by atoms with E-state index in [-0.39, 0.29) is 0 Å². The maximum Gasteiger partial charge on any atom is 0.114 e. The Morgan fingerprint density at radius 1 is 1.36 bits per heavy atom. The summed E-state index contributed by atoms with van der Waals surface area (Å²) in [5, 5.41) is 3.17. The lowest BCUT2D eigenvalue weighted by Crippen LogP contribution is -1.94. The van der Waals surface area contributed by atoms with Crippen LogP contribution in [0.25, 0.3) is 0 Å². The Bertz CT molecular complexity index is 342. The minimum atomic E-state index is 0.355. The first kappa shape index (κ1) is 10.9. The van der Waals surface area contributed by atoms with Gasteiger partial charge in [-0.05, 0) is 41.1 Å². The molecule has 0 unspecified atom stereocenters. The van der Waals surface area contributed by atoms with Crippen LogP contribution in [0.1, 0.15) is 43.4 Å². The number of hydrogen-bond acceptors (Lipinski definition) is 2. The fraction of sp³-hybridized carbons (Fsp3) is 0.500. The van der Waals surface area contributed by atoms with E-state index in [1.165, 1.54) is 0 Å². The summed E-state index contributed by atoms with van der Waals surface area (Å²) in [6.07, 6.45) is 0.869.